The average Bonchev–Trinajstić information content (AvgIpc) is 2.87. The first-order chi connectivity index (χ1) is 18.1. The van der Waals surface area contributed by atoms with Gasteiger partial charge < -0.3 is 29.0 Å². The predicted octanol–water partition coefficient (Wildman–Crippen LogP) is 3.58. The molecule has 38 heavy (non-hydrogen) atoms. The van der Waals surface area contributed by atoms with Crippen molar-refractivity contribution >= 4 is 23.8 Å². The number of ether oxygens (including phenoxy) is 5. The molecule has 11 nitrogen and oxygen atoms in total. The van der Waals surface area contributed by atoms with Crippen LogP contribution >= 0.6 is 0 Å². The fraction of sp³-hybridized carbons (Fsp3) is 0.667. The van der Waals surface area contributed by atoms with E-state index >= 15 is 0 Å². The van der Waals surface area contributed by atoms with Crippen LogP contribution in [0.2, 0.25) is 0 Å². The number of amides is 1. The maximum Gasteiger partial charge on any atom is 0.329 e. The molecule has 0 spiro atoms. The van der Waals surface area contributed by atoms with Gasteiger partial charge in [0.2, 0.25) is 6.79 Å². The minimum atomic E-state index is -0.955. The highest BCUT2D eigenvalue weighted by molar-refractivity contribution is 5.98. The molecule has 0 bridgehead atoms. The number of rotatable bonds is 10. The van der Waals surface area contributed by atoms with Gasteiger partial charge >= 0.3 is 17.9 Å². The van der Waals surface area contributed by atoms with Crippen molar-refractivity contribution in [1.82, 2.24) is 10.3 Å². The van der Waals surface area contributed by atoms with E-state index < -0.39 is 42.9 Å². The molecule has 0 unspecified atom stereocenters. The van der Waals surface area contributed by atoms with Crippen molar-refractivity contribution in [2.45, 2.75) is 91.4 Å². The molecule has 0 aromatic carbocycles. The fourth-order valence-electron chi connectivity index (χ4n) is 4.32. The molecule has 2 heterocycles. The van der Waals surface area contributed by atoms with Crippen LogP contribution in [0.1, 0.15) is 83.6 Å². The summed E-state index contributed by atoms with van der Waals surface area (Å²) in [4.78, 5) is 54.0. The molecule has 0 radical (unpaired) electrons. The van der Waals surface area contributed by atoms with Gasteiger partial charge in [-0.3, -0.25) is 14.4 Å². The van der Waals surface area contributed by atoms with Crippen molar-refractivity contribution in [3.63, 3.8) is 0 Å². The van der Waals surface area contributed by atoms with Crippen LogP contribution in [0.15, 0.2) is 12.3 Å². The third-order valence-electron chi connectivity index (χ3n) is 6.29. The summed E-state index contributed by atoms with van der Waals surface area (Å²) in [5.74, 6) is -2.28. The van der Waals surface area contributed by atoms with E-state index in [4.69, 9.17) is 23.7 Å². The van der Waals surface area contributed by atoms with Crippen molar-refractivity contribution in [3.8, 4) is 11.5 Å². The lowest BCUT2D eigenvalue weighted by Gasteiger charge is -2.33. The van der Waals surface area contributed by atoms with Crippen LogP contribution in [-0.4, -0.2) is 61.0 Å². The van der Waals surface area contributed by atoms with Crippen LogP contribution in [0.5, 0.6) is 11.5 Å². The number of esters is 3. The molecular weight excluding hydrogens is 496 g/mol. The lowest BCUT2D eigenvalue weighted by molar-refractivity contribution is -0.175. The quantitative estimate of drug-likeness (QED) is 0.268. The summed E-state index contributed by atoms with van der Waals surface area (Å²) in [5.41, 5.74) is -0.138. The fourth-order valence-corrected chi connectivity index (χ4v) is 4.32. The molecule has 0 saturated carbocycles. The third kappa shape index (κ3) is 8.88. The van der Waals surface area contributed by atoms with Crippen LogP contribution in [0, 0.1) is 11.8 Å². The molecule has 1 aromatic heterocycles. The highest BCUT2D eigenvalue weighted by Crippen LogP contribution is 2.31. The number of carbonyl (C=O) groups excluding carboxylic acids is 4. The van der Waals surface area contributed by atoms with Gasteiger partial charge in [-0.05, 0) is 32.1 Å². The van der Waals surface area contributed by atoms with Crippen molar-refractivity contribution in [2.24, 2.45) is 11.8 Å². The van der Waals surface area contributed by atoms with Crippen molar-refractivity contribution in [2.75, 3.05) is 13.9 Å². The monoisotopic (exact) mass is 536 g/mol. The Hall–Kier alpha value is -3.37. The highest BCUT2D eigenvalue weighted by atomic mass is 16.7. The minimum Gasteiger partial charge on any atom is -0.493 e. The number of methoxy groups -OCH3 is 1. The molecule has 4 atom stereocenters. The summed E-state index contributed by atoms with van der Waals surface area (Å²) < 4.78 is 27.1. The topological polar surface area (TPSA) is 139 Å². The van der Waals surface area contributed by atoms with E-state index in [2.05, 4.69) is 17.2 Å². The number of nitrogens with one attached hydrogen (secondary N) is 1. The first-order valence-electron chi connectivity index (χ1n) is 13.1. The van der Waals surface area contributed by atoms with Gasteiger partial charge in [0.05, 0.1) is 13.0 Å². The van der Waals surface area contributed by atoms with Crippen LogP contribution in [-0.2, 0) is 28.6 Å². The maximum absolute atomic E-state index is 13.2. The van der Waals surface area contributed by atoms with Crippen molar-refractivity contribution in [1.29, 1.82) is 0 Å². The Labute approximate surface area is 223 Å². The summed E-state index contributed by atoms with van der Waals surface area (Å²) in [6.07, 6.45) is 4.45. The molecule has 1 fully saturated rings. The number of hydrogen-bond acceptors (Lipinski definition) is 10. The zero-order valence-electron chi connectivity index (χ0n) is 23.1. The van der Waals surface area contributed by atoms with Crippen LogP contribution < -0.4 is 14.8 Å². The lowest BCUT2D eigenvalue weighted by atomic mass is 9.87. The van der Waals surface area contributed by atoms with Gasteiger partial charge in [0.15, 0.2) is 17.2 Å². The molecule has 11 heteroatoms. The van der Waals surface area contributed by atoms with Gasteiger partial charge in [0.25, 0.3) is 5.91 Å². The Morgan fingerprint density at radius 2 is 1.92 bits per heavy atom. The van der Waals surface area contributed by atoms with E-state index in [1.807, 2.05) is 0 Å². The van der Waals surface area contributed by atoms with Gasteiger partial charge in [-0.2, -0.15) is 0 Å². The van der Waals surface area contributed by atoms with Gasteiger partial charge in [-0.1, -0.05) is 40.0 Å². The Morgan fingerprint density at radius 3 is 2.55 bits per heavy atom. The van der Waals surface area contributed by atoms with Gasteiger partial charge in [-0.15, -0.1) is 0 Å². The number of nitrogens with zero attached hydrogens (tertiary/aromatic N) is 1. The number of hydrogen-bond donors (Lipinski definition) is 1. The normalized spacial score (nSPS) is 22.1. The average molecular weight is 537 g/mol. The predicted molar refractivity (Wildman–Crippen MR) is 136 cm³/mol. The van der Waals surface area contributed by atoms with Gasteiger partial charge in [-0.25, -0.2) is 9.78 Å². The second-order valence-corrected chi connectivity index (χ2v) is 9.65. The third-order valence-corrected chi connectivity index (χ3v) is 6.29. The zero-order chi connectivity index (χ0) is 28.2. The molecule has 1 aliphatic rings. The Balaban J connectivity index is 2.23. The molecular formula is C27H40N2O9. The molecule has 1 N–H and O–H groups in total. The van der Waals surface area contributed by atoms with E-state index in [1.165, 1.54) is 26.3 Å². The highest BCUT2D eigenvalue weighted by Gasteiger charge is 2.36. The lowest BCUT2D eigenvalue weighted by Crippen LogP contribution is -2.47. The first kappa shape index (κ1) is 30.9. The Kier molecular flexibility index (Phi) is 12.3. The number of aromatic nitrogens is 1. The SMILES string of the molecule is CCC[C@H]1CCCC[C@H](NC(=O)c2nccc(OC)c2OCOC(C)=O)C(=O)O[C@@H](C)[C@@H]1OC(=O)C(C)C. The van der Waals surface area contributed by atoms with Crippen LogP contribution in [0.25, 0.3) is 0 Å². The standard InChI is InChI=1S/C27H40N2O9/c1-7-10-19-11-8-9-12-20(27(33)37-17(4)23(19)38-26(32)16(2)3)29-25(31)22-24(36-15-35-18(5)30)21(34-6)13-14-28-22/h13-14,16-17,19-20,23H,7-12,15H2,1-6H3,(H,29,31)/t17-,19-,20-,23-/m0/s1. The summed E-state index contributed by atoms with van der Waals surface area (Å²) in [7, 11) is 1.39. The maximum atomic E-state index is 13.2. The van der Waals surface area contributed by atoms with Crippen LogP contribution in [0.3, 0.4) is 0 Å². The van der Waals surface area contributed by atoms with Gasteiger partial charge in [0.1, 0.15) is 18.2 Å². The molecule has 212 valence electrons. The minimum absolute atomic E-state index is 0.0292. The molecule has 1 aliphatic heterocycles. The van der Waals surface area contributed by atoms with E-state index in [1.54, 1.807) is 20.8 Å². The molecule has 0 aliphatic carbocycles. The second-order valence-electron chi connectivity index (χ2n) is 9.65. The van der Waals surface area contributed by atoms with E-state index in [9.17, 15) is 19.2 Å². The molecule has 1 saturated heterocycles. The summed E-state index contributed by atoms with van der Waals surface area (Å²) in [6, 6.07) is 0.536. The zero-order valence-corrected chi connectivity index (χ0v) is 23.1. The largest absolute Gasteiger partial charge is 0.493 e. The van der Waals surface area contributed by atoms with Gasteiger partial charge in [0, 0.05) is 19.2 Å². The van der Waals surface area contributed by atoms with Crippen molar-refractivity contribution in [3.05, 3.63) is 18.0 Å². The molecule has 2 rings (SSSR count). The smallest absolute Gasteiger partial charge is 0.329 e. The van der Waals surface area contributed by atoms with Crippen molar-refractivity contribution < 1.29 is 42.9 Å². The molecule has 1 amide bonds. The Morgan fingerprint density at radius 1 is 1.21 bits per heavy atom. The molecule has 1 aromatic rings. The number of pyridine rings is 1. The Bertz CT molecular complexity index is 966. The summed E-state index contributed by atoms with van der Waals surface area (Å²) >= 11 is 0. The second kappa shape index (κ2) is 15.1. The first-order valence-corrected chi connectivity index (χ1v) is 13.1. The number of carbonyl (C=O) groups is 4. The van der Waals surface area contributed by atoms with E-state index in [0.717, 1.165) is 25.7 Å². The number of cyclic esters (lactones) is 1. The summed E-state index contributed by atoms with van der Waals surface area (Å²) in [5, 5.41) is 2.70. The van der Waals surface area contributed by atoms with E-state index in [-0.39, 0.29) is 35.0 Å². The van der Waals surface area contributed by atoms with E-state index in [0.29, 0.717) is 12.8 Å². The summed E-state index contributed by atoms with van der Waals surface area (Å²) in [6.45, 7) is 8.08. The van der Waals surface area contributed by atoms with Crippen LogP contribution in [0.4, 0.5) is 0 Å².